The molecule has 0 saturated carbocycles. The second-order valence-electron chi connectivity index (χ2n) is 3.62. The number of halogens is 3. The van der Waals surface area contributed by atoms with Crippen LogP contribution in [0.1, 0.15) is 11.7 Å². The maximum atomic E-state index is 12.7. The largest absolute Gasteiger partial charge is 0.418 e. The molecule has 1 heterocycles. The van der Waals surface area contributed by atoms with Gasteiger partial charge in [0.25, 0.3) is 0 Å². The van der Waals surface area contributed by atoms with Crippen LogP contribution in [-0.2, 0) is 9.47 Å². The summed E-state index contributed by atoms with van der Waals surface area (Å²) < 4.78 is 47.8. The highest BCUT2D eigenvalue weighted by Gasteiger charge is 2.42. The van der Waals surface area contributed by atoms with Crippen LogP contribution in [0.3, 0.4) is 0 Å². The highest BCUT2D eigenvalue weighted by atomic mass is 19.4. The first kappa shape index (κ1) is 11.4. The van der Waals surface area contributed by atoms with Crippen LogP contribution in [0.15, 0.2) is 30.3 Å². The third-order valence-electron chi connectivity index (χ3n) is 2.25. The number of benzene rings is 1. The van der Waals surface area contributed by atoms with Crippen LogP contribution in [0, 0.1) is 0 Å². The number of hydrogen-bond donors (Lipinski definition) is 0. The summed E-state index contributed by atoms with van der Waals surface area (Å²) in [5, 5.41) is 0. The van der Waals surface area contributed by atoms with Gasteiger partial charge in [-0.05, 0) is 5.56 Å². The Morgan fingerprint density at radius 1 is 1.31 bits per heavy atom. The summed E-state index contributed by atoms with van der Waals surface area (Å²) in [6.45, 7) is 0.471. The van der Waals surface area contributed by atoms with Gasteiger partial charge in [-0.3, -0.25) is 0 Å². The lowest BCUT2D eigenvalue weighted by Gasteiger charge is -2.20. The third-order valence-corrected chi connectivity index (χ3v) is 2.25. The maximum Gasteiger partial charge on any atom is 0.418 e. The van der Waals surface area contributed by atoms with Crippen LogP contribution in [0.5, 0.6) is 0 Å². The van der Waals surface area contributed by atoms with Crippen LogP contribution >= 0.6 is 0 Å². The quantitative estimate of drug-likeness (QED) is 0.744. The van der Waals surface area contributed by atoms with Gasteiger partial charge in [0.1, 0.15) is 6.10 Å². The molecule has 0 unspecified atom stereocenters. The van der Waals surface area contributed by atoms with E-state index in [4.69, 9.17) is 9.47 Å². The van der Waals surface area contributed by atoms with Crippen LogP contribution in [0.4, 0.5) is 13.2 Å². The smallest absolute Gasteiger partial charge is 0.371 e. The molecule has 0 radical (unpaired) electrons. The summed E-state index contributed by atoms with van der Waals surface area (Å²) in [4.78, 5) is 0. The zero-order chi connectivity index (χ0) is 11.6. The monoisotopic (exact) mass is 232 g/mol. The van der Waals surface area contributed by atoms with Crippen molar-refractivity contribution < 1.29 is 22.6 Å². The van der Waals surface area contributed by atoms with E-state index in [1.165, 1.54) is 12.1 Å². The first-order valence-electron chi connectivity index (χ1n) is 4.92. The second kappa shape index (κ2) is 4.43. The summed E-state index contributed by atoms with van der Waals surface area (Å²) in [6.07, 6.45) is -6.43. The van der Waals surface area contributed by atoms with E-state index >= 15 is 0 Å². The van der Waals surface area contributed by atoms with Gasteiger partial charge in [-0.15, -0.1) is 0 Å². The summed E-state index contributed by atoms with van der Waals surface area (Å²) in [7, 11) is 0. The molecule has 1 aliphatic rings. The van der Waals surface area contributed by atoms with Crippen LogP contribution in [0.2, 0.25) is 0 Å². The Balaban J connectivity index is 2.07. The highest BCUT2D eigenvalue weighted by molar-refractivity contribution is 5.18. The molecular weight excluding hydrogens is 221 g/mol. The molecule has 0 aliphatic carbocycles. The van der Waals surface area contributed by atoms with E-state index in [0.717, 1.165) is 0 Å². The van der Waals surface area contributed by atoms with Crippen molar-refractivity contribution in [3.63, 3.8) is 0 Å². The second-order valence-corrected chi connectivity index (χ2v) is 3.62. The highest BCUT2D eigenvalue weighted by Crippen LogP contribution is 2.36. The Bertz CT molecular complexity index is 333. The Labute approximate surface area is 91.0 Å². The Morgan fingerprint density at radius 3 is 2.44 bits per heavy atom. The molecule has 5 heteroatoms. The van der Waals surface area contributed by atoms with Gasteiger partial charge in [0.2, 0.25) is 0 Å². The zero-order valence-electron chi connectivity index (χ0n) is 8.41. The fraction of sp³-hybridized carbons (Fsp3) is 0.455. The van der Waals surface area contributed by atoms with E-state index < -0.39 is 12.3 Å². The summed E-state index contributed by atoms with van der Waals surface area (Å²) in [5.41, 5.74) is 0.121. The third kappa shape index (κ3) is 2.96. The molecule has 2 nitrogen and oxygen atoms in total. The minimum Gasteiger partial charge on any atom is -0.371 e. The maximum absolute atomic E-state index is 12.7. The zero-order valence-corrected chi connectivity index (χ0v) is 8.41. The van der Waals surface area contributed by atoms with E-state index in [1.54, 1.807) is 18.2 Å². The van der Waals surface area contributed by atoms with Gasteiger partial charge < -0.3 is 9.47 Å². The average Bonchev–Trinajstić information content (AvgIpc) is 3.01. The van der Waals surface area contributed by atoms with Crippen molar-refractivity contribution in [2.45, 2.75) is 18.4 Å². The van der Waals surface area contributed by atoms with Gasteiger partial charge in [-0.25, -0.2) is 0 Å². The summed E-state index contributed by atoms with van der Waals surface area (Å²) >= 11 is 0. The average molecular weight is 232 g/mol. The summed E-state index contributed by atoms with van der Waals surface area (Å²) in [5.74, 6) is 0. The van der Waals surface area contributed by atoms with E-state index in [9.17, 15) is 13.2 Å². The first-order valence-corrected chi connectivity index (χ1v) is 4.92. The number of hydrogen-bond acceptors (Lipinski definition) is 2. The van der Waals surface area contributed by atoms with Crippen molar-refractivity contribution in [2.75, 3.05) is 13.2 Å². The Hall–Kier alpha value is -1.07. The molecule has 88 valence electrons. The molecule has 1 aliphatic heterocycles. The van der Waals surface area contributed by atoms with Gasteiger partial charge in [0.05, 0.1) is 13.2 Å². The fourth-order valence-corrected chi connectivity index (χ4v) is 1.38. The van der Waals surface area contributed by atoms with Crippen LogP contribution in [-0.4, -0.2) is 25.5 Å². The van der Waals surface area contributed by atoms with Crippen LogP contribution < -0.4 is 0 Å². The van der Waals surface area contributed by atoms with Crippen molar-refractivity contribution in [3.8, 4) is 0 Å². The molecule has 0 aromatic heterocycles. The van der Waals surface area contributed by atoms with Crippen molar-refractivity contribution >= 4 is 0 Å². The number of ether oxygens (including phenoxy) is 2. The molecule has 0 spiro atoms. The van der Waals surface area contributed by atoms with Crippen molar-refractivity contribution in [2.24, 2.45) is 0 Å². The lowest BCUT2D eigenvalue weighted by molar-refractivity contribution is -0.224. The molecule has 1 fully saturated rings. The molecule has 2 rings (SSSR count). The number of alkyl halides is 3. The van der Waals surface area contributed by atoms with Crippen molar-refractivity contribution in [1.82, 2.24) is 0 Å². The molecule has 2 atom stereocenters. The normalized spacial score (nSPS) is 21.8. The standard InChI is InChI=1S/C11H11F3O2/c12-11(13,14)10(16-7-9-6-15-9)8-4-2-1-3-5-8/h1-5,9-10H,6-7H2/t9-,10+/m0/s1. The molecule has 1 saturated heterocycles. The van der Waals surface area contributed by atoms with Gasteiger partial charge >= 0.3 is 6.18 Å². The van der Waals surface area contributed by atoms with E-state index in [1.807, 2.05) is 0 Å². The first-order chi connectivity index (χ1) is 7.57. The predicted octanol–water partition coefficient (Wildman–Crippen LogP) is 2.71. The summed E-state index contributed by atoms with van der Waals surface area (Å²) in [6, 6.07) is 7.61. The molecule has 0 amide bonds. The molecule has 1 aromatic carbocycles. The SMILES string of the molecule is FC(F)(F)[C@H](OC[C@@H]1CO1)c1ccccc1. The minimum absolute atomic E-state index is 0.0148. The minimum atomic E-state index is -4.39. The molecular formula is C11H11F3O2. The van der Waals surface area contributed by atoms with E-state index in [0.29, 0.717) is 6.61 Å². The van der Waals surface area contributed by atoms with Gasteiger partial charge in [-0.1, -0.05) is 30.3 Å². The van der Waals surface area contributed by atoms with Crippen LogP contribution in [0.25, 0.3) is 0 Å². The molecule has 0 N–H and O–H groups in total. The van der Waals surface area contributed by atoms with E-state index in [2.05, 4.69) is 0 Å². The van der Waals surface area contributed by atoms with E-state index in [-0.39, 0.29) is 18.3 Å². The van der Waals surface area contributed by atoms with Gasteiger partial charge in [0, 0.05) is 0 Å². The number of rotatable bonds is 4. The molecule has 1 aromatic rings. The van der Waals surface area contributed by atoms with Crippen molar-refractivity contribution in [1.29, 1.82) is 0 Å². The topological polar surface area (TPSA) is 21.8 Å². The van der Waals surface area contributed by atoms with Gasteiger partial charge in [0.15, 0.2) is 6.10 Å². The predicted molar refractivity (Wildman–Crippen MR) is 50.9 cm³/mol. The Kier molecular flexibility index (Phi) is 3.16. The molecule has 0 bridgehead atoms. The van der Waals surface area contributed by atoms with Gasteiger partial charge in [-0.2, -0.15) is 13.2 Å². The lowest BCUT2D eigenvalue weighted by atomic mass is 10.1. The Morgan fingerprint density at radius 2 is 1.94 bits per heavy atom. The number of epoxide rings is 1. The van der Waals surface area contributed by atoms with Crippen molar-refractivity contribution in [3.05, 3.63) is 35.9 Å². The lowest BCUT2D eigenvalue weighted by Crippen LogP contribution is -2.25. The molecule has 16 heavy (non-hydrogen) atoms. The fourth-order valence-electron chi connectivity index (χ4n) is 1.38.